The van der Waals surface area contributed by atoms with Gasteiger partial charge in [-0.1, -0.05) is 25.3 Å². The summed E-state index contributed by atoms with van der Waals surface area (Å²) in [5, 5.41) is 5.11. The van der Waals surface area contributed by atoms with Crippen molar-refractivity contribution in [2.75, 3.05) is 57.4 Å². The minimum atomic E-state index is -0.287. The monoisotopic (exact) mass is 543 g/mol. The molecule has 0 atom stereocenters. The fraction of sp³-hybridized carbons (Fsp3) is 0.321. The summed E-state index contributed by atoms with van der Waals surface area (Å²) in [4.78, 5) is 42.0. The van der Waals surface area contributed by atoms with Gasteiger partial charge in [-0.25, -0.2) is 9.97 Å². The zero-order chi connectivity index (χ0) is 26.9. The van der Waals surface area contributed by atoms with Crippen LogP contribution in [0.4, 0.5) is 5.82 Å². The van der Waals surface area contributed by atoms with Crippen molar-refractivity contribution in [3.8, 4) is 11.4 Å². The van der Waals surface area contributed by atoms with Gasteiger partial charge in [0.1, 0.15) is 0 Å². The molecule has 5 heterocycles. The number of allylic oxidation sites excluding steroid dienone is 1. The summed E-state index contributed by atoms with van der Waals surface area (Å²) in [5.74, 6) is 1.21. The van der Waals surface area contributed by atoms with Crippen LogP contribution in [-0.4, -0.2) is 93.8 Å². The fourth-order valence-electron chi connectivity index (χ4n) is 5.14. The van der Waals surface area contributed by atoms with Crippen LogP contribution in [0.1, 0.15) is 9.67 Å². The quantitative estimate of drug-likeness (QED) is 0.342. The maximum atomic E-state index is 12.3. The van der Waals surface area contributed by atoms with Crippen molar-refractivity contribution in [3.63, 3.8) is 0 Å². The van der Waals surface area contributed by atoms with Gasteiger partial charge in [-0.3, -0.25) is 14.5 Å². The van der Waals surface area contributed by atoms with Gasteiger partial charge in [-0.15, -0.1) is 11.3 Å². The number of hydrogen-bond donors (Lipinski definition) is 0. The second kappa shape index (κ2) is 10.7. The van der Waals surface area contributed by atoms with E-state index in [9.17, 15) is 9.59 Å². The van der Waals surface area contributed by atoms with E-state index in [1.807, 2.05) is 23.1 Å². The second-order valence-corrected chi connectivity index (χ2v) is 10.7. The van der Waals surface area contributed by atoms with Crippen LogP contribution in [0.15, 0.2) is 55.8 Å². The van der Waals surface area contributed by atoms with E-state index >= 15 is 0 Å². The Bertz CT molecular complexity index is 1580. The number of aromatic nitrogens is 4. The summed E-state index contributed by atoms with van der Waals surface area (Å²) >= 11 is 1.72. The highest BCUT2D eigenvalue weighted by Crippen LogP contribution is 2.36. The van der Waals surface area contributed by atoms with Gasteiger partial charge in [0.25, 0.3) is 5.91 Å². The number of rotatable bonds is 6. The van der Waals surface area contributed by atoms with Gasteiger partial charge in [0, 0.05) is 61.6 Å². The van der Waals surface area contributed by atoms with Crippen molar-refractivity contribution in [3.05, 3.63) is 60.6 Å². The lowest BCUT2D eigenvalue weighted by molar-refractivity contribution is -0.127. The number of amides is 1. The zero-order valence-corrected chi connectivity index (χ0v) is 22.4. The first-order valence-electron chi connectivity index (χ1n) is 13.0. The standard InChI is InChI=1S/C28H29N7O3S/c1-3-24(36)33-10-8-32(9-11-33)18-19-16-22-26(39-19)28(34-12-14-38-15-13-34)31-27(30-22)20-6-5-7-23-21(20)17-29-35(23)25(37)4-2/h3-7,16-17H,1-2,8-15,18H2. The summed E-state index contributed by atoms with van der Waals surface area (Å²) < 4.78 is 8.01. The molecule has 0 aliphatic carbocycles. The lowest BCUT2D eigenvalue weighted by Gasteiger charge is -2.33. The number of thiophene rings is 1. The Morgan fingerprint density at radius 2 is 1.77 bits per heavy atom. The number of carbonyl (C=O) groups excluding carboxylic acids is 2. The van der Waals surface area contributed by atoms with Crippen molar-refractivity contribution >= 4 is 50.1 Å². The van der Waals surface area contributed by atoms with Gasteiger partial charge < -0.3 is 14.5 Å². The van der Waals surface area contributed by atoms with E-state index in [2.05, 4.69) is 34.1 Å². The van der Waals surface area contributed by atoms with Crippen molar-refractivity contribution < 1.29 is 14.3 Å². The lowest BCUT2D eigenvalue weighted by atomic mass is 10.1. The number of hydrogen-bond acceptors (Lipinski definition) is 9. The molecule has 10 nitrogen and oxygen atoms in total. The number of anilines is 1. The number of ether oxygens (including phenoxy) is 1. The number of piperazine rings is 1. The van der Waals surface area contributed by atoms with Crippen molar-refractivity contribution in [1.82, 2.24) is 29.5 Å². The first kappa shape index (κ1) is 25.4. The summed E-state index contributed by atoms with van der Waals surface area (Å²) in [6, 6.07) is 7.87. The Labute approximate surface area is 229 Å². The predicted octanol–water partition coefficient (Wildman–Crippen LogP) is 3.20. The van der Waals surface area contributed by atoms with Gasteiger partial charge in [-0.05, 0) is 24.3 Å². The van der Waals surface area contributed by atoms with Gasteiger partial charge in [0.15, 0.2) is 11.6 Å². The molecule has 1 amide bonds. The van der Waals surface area contributed by atoms with Crippen LogP contribution in [0.3, 0.4) is 0 Å². The molecule has 0 unspecified atom stereocenters. The van der Waals surface area contributed by atoms with E-state index in [0.717, 1.165) is 59.7 Å². The minimum absolute atomic E-state index is 0.0103. The first-order valence-corrected chi connectivity index (χ1v) is 13.8. The molecule has 200 valence electrons. The molecule has 0 radical (unpaired) electrons. The molecular weight excluding hydrogens is 514 g/mol. The molecule has 2 fully saturated rings. The number of carbonyl (C=O) groups is 2. The molecule has 0 saturated carbocycles. The predicted molar refractivity (Wildman–Crippen MR) is 152 cm³/mol. The SMILES string of the molecule is C=CC(=O)N1CCN(Cc2cc3nc(-c4cccc5c4cnn5C(=O)C=C)nc(N4CCOCC4)c3s2)CC1. The maximum Gasteiger partial charge on any atom is 0.270 e. The van der Waals surface area contributed by atoms with Gasteiger partial charge in [0.05, 0.1) is 35.1 Å². The summed E-state index contributed by atoms with van der Waals surface area (Å²) in [7, 11) is 0. The Hall–Kier alpha value is -3.93. The van der Waals surface area contributed by atoms with Crippen LogP contribution in [-0.2, 0) is 16.1 Å². The van der Waals surface area contributed by atoms with Gasteiger partial charge >= 0.3 is 0 Å². The lowest BCUT2D eigenvalue weighted by Crippen LogP contribution is -2.47. The van der Waals surface area contributed by atoms with Gasteiger partial charge in [-0.2, -0.15) is 9.78 Å². The Morgan fingerprint density at radius 3 is 2.51 bits per heavy atom. The van der Waals surface area contributed by atoms with Crippen molar-refractivity contribution in [2.24, 2.45) is 0 Å². The van der Waals surface area contributed by atoms with Crippen molar-refractivity contribution in [1.29, 1.82) is 0 Å². The summed E-state index contributed by atoms with van der Waals surface area (Å²) in [6.45, 7) is 13.8. The van der Waals surface area contributed by atoms with Gasteiger partial charge in [0.2, 0.25) is 5.91 Å². The number of fused-ring (bicyclic) bond motifs is 2. The molecule has 2 aliphatic rings. The normalized spacial score (nSPS) is 16.6. The van der Waals surface area contributed by atoms with Crippen LogP contribution in [0.2, 0.25) is 0 Å². The third-order valence-electron chi connectivity index (χ3n) is 7.19. The van der Waals surface area contributed by atoms with E-state index < -0.39 is 0 Å². The Balaban J connectivity index is 1.37. The largest absolute Gasteiger partial charge is 0.378 e. The van der Waals surface area contributed by atoms with Crippen molar-refractivity contribution in [2.45, 2.75) is 6.54 Å². The van der Waals surface area contributed by atoms with Crippen LogP contribution >= 0.6 is 11.3 Å². The summed E-state index contributed by atoms with van der Waals surface area (Å²) in [6.07, 6.45) is 4.32. The molecule has 6 rings (SSSR count). The van der Waals surface area contributed by atoms with E-state index in [-0.39, 0.29) is 11.8 Å². The van der Waals surface area contributed by atoms with E-state index in [0.29, 0.717) is 37.6 Å². The molecule has 4 aromatic rings. The van der Waals surface area contributed by atoms with E-state index in [4.69, 9.17) is 14.7 Å². The molecule has 2 saturated heterocycles. The topological polar surface area (TPSA) is 96.7 Å². The van der Waals surface area contributed by atoms with Crippen LogP contribution in [0.25, 0.3) is 32.5 Å². The maximum absolute atomic E-state index is 12.3. The van der Waals surface area contributed by atoms with E-state index in [1.54, 1.807) is 17.5 Å². The molecular formula is C28H29N7O3S. The highest BCUT2D eigenvalue weighted by atomic mass is 32.1. The number of nitrogens with zero attached hydrogens (tertiary/aromatic N) is 7. The number of benzene rings is 1. The second-order valence-electron chi connectivity index (χ2n) is 9.54. The average Bonchev–Trinajstić information content (AvgIpc) is 3.60. The van der Waals surface area contributed by atoms with Crippen LogP contribution < -0.4 is 4.90 Å². The smallest absolute Gasteiger partial charge is 0.270 e. The molecule has 1 aromatic carbocycles. The zero-order valence-electron chi connectivity index (χ0n) is 21.6. The van der Waals surface area contributed by atoms with Crippen LogP contribution in [0.5, 0.6) is 0 Å². The summed E-state index contributed by atoms with van der Waals surface area (Å²) in [5.41, 5.74) is 2.41. The molecule has 11 heteroatoms. The third kappa shape index (κ3) is 4.84. The van der Waals surface area contributed by atoms with Crippen LogP contribution in [0, 0.1) is 0 Å². The molecule has 39 heavy (non-hydrogen) atoms. The molecule has 2 aliphatic heterocycles. The molecule has 3 aromatic heterocycles. The average molecular weight is 544 g/mol. The highest BCUT2D eigenvalue weighted by Gasteiger charge is 2.24. The number of morpholine rings is 1. The third-order valence-corrected chi connectivity index (χ3v) is 8.30. The minimum Gasteiger partial charge on any atom is -0.378 e. The molecule has 0 N–H and O–H groups in total. The molecule has 0 spiro atoms. The van der Waals surface area contributed by atoms with E-state index in [1.165, 1.54) is 21.7 Å². The fourth-order valence-corrected chi connectivity index (χ4v) is 6.29. The molecule has 0 bridgehead atoms. The Morgan fingerprint density at radius 1 is 1.00 bits per heavy atom. The first-order chi connectivity index (χ1) is 19.1. The Kier molecular flexibility index (Phi) is 6.94. The highest BCUT2D eigenvalue weighted by molar-refractivity contribution is 7.19.